The highest BCUT2D eigenvalue weighted by Crippen LogP contribution is 2.28. The molecule has 2 rings (SSSR count). The van der Waals surface area contributed by atoms with Crippen LogP contribution in [0.1, 0.15) is 19.9 Å². The second-order valence-electron chi connectivity index (χ2n) is 4.60. The second kappa shape index (κ2) is 5.64. The second-order valence-corrected chi connectivity index (χ2v) is 4.60. The summed E-state index contributed by atoms with van der Waals surface area (Å²) in [6.07, 6.45) is 1.65. The number of rotatable bonds is 4. The molecule has 0 saturated carbocycles. The van der Waals surface area contributed by atoms with Gasteiger partial charge in [-0.15, -0.1) is 0 Å². The fraction of sp³-hybridized carbons (Fsp3) is 0.286. The molecule has 106 valence electrons. The van der Waals surface area contributed by atoms with E-state index in [4.69, 9.17) is 10.5 Å². The van der Waals surface area contributed by atoms with E-state index in [0.29, 0.717) is 11.5 Å². The minimum absolute atomic E-state index is 0.125. The largest absolute Gasteiger partial charge is 0.497 e. The number of ether oxygens (including phenoxy) is 1. The van der Waals surface area contributed by atoms with Crippen LogP contribution in [0.15, 0.2) is 36.5 Å². The van der Waals surface area contributed by atoms with Gasteiger partial charge < -0.3 is 10.5 Å². The molecule has 6 nitrogen and oxygen atoms in total. The number of methoxy groups -OCH3 is 1. The molecule has 1 aromatic heterocycles. The molecule has 2 N–H and O–H groups in total. The zero-order chi connectivity index (χ0) is 14.7. The van der Waals surface area contributed by atoms with E-state index in [-0.39, 0.29) is 6.04 Å². The van der Waals surface area contributed by atoms with Crippen molar-refractivity contribution in [1.29, 1.82) is 0 Å². The molecule has 20 heavy (non-hydrogen) atoms. The predicted molar refractivity (Wildman–Crippen MR) is 77.3 cm³/mol. The zero-order valence-corrected chi connectivity index (χ0v) is 11.8. The van der Waals surface area contributed by atoms with Gasteiger partial charge in [-0.2, -0.15) is 5.10 Å². The van der Waals surface area contributed by atoms with Crippen LogP contribution >= 0.6 is 0 Å². The third-order valence-electron chi connectivity index (χ3n) is 2.92. The highest BCUT2D eigenvalue weighted by molar-refractivity contribution is 5.97. The lowest BCUT2D eigenvalue weighted by atomic mass is 10.2. The Morgan fingerprint density at radius 1 is 1.30 bits per heavy atom. The van der Waals surface area contributed by atoms with Crippen molar-refractivity contribution in [3.63, 3.8) is 0 Å². The number of nitrogens with zero attached hydrogens (tertiary/aromatic N) is 3. The number of urea groups is 1. The van der Waals surface area contributed by atoms with Gasteiger partial charge in [0.15, 0.2) is 0 Å². The van der Waals surface area contributed by atoms with Crippen molar-refractivity contribution in [3.05, 3.63) is 36.5 Å². The zero-order valence-electron chi connectivity index (χ0n) is 11.8. The lowest BCUT2D eigenvalue weighted by molar-refractivity contribution is 0.255. The number of aromatic nitrogens is 2. The molecule has 1 aromatic carbocycles. The third kappa shape index (κ3) is 2.59. The predicted octanol–water partition coefficient (Wildman–Crippen LogP) is 2.69. The van der Waals surface area contributed by atoms with Gasteiger partial charge in [0.25, 0.3) is 0 Å². The summed E-state index contributed by atoms with van der Waals surface area (Å²) in [5.74, 6) is 1.35. The van der Waals surface area contributed by atoms with Crippen LogP contribution in [-0.4, -0.2) is 22.9 Å². The fourth-order valence-electron chi connectivity index (χ4n) is 1.99. The van der Waals surface area contributed by atoms with Crippen molar-refractivity contribution in [2.75, 3.05) is 12.0 Å². The van der Waals surface area contributed by atoms with Crippen molar-refractivity contribution >= 4 is 17.5 Å². The van der Waals surface area contributed by atoms with E-state index < -0.39 is 6.03 Å². The normalized spacial score (nSPS) is 10.6. The van der Waals surface area contributed by atoms with Crippen molar-refractivity contribution in [1.82, 2.24) is 9.78 Å². The van der Waals surface area contributed by atoms with E-state index in [2.05, 4.69) is 5.10 Å². The SMILES string of the molecule is COc1ccc(N(C(N)=O)c2ccnn2C(C)C)cc1. The smallest absolute Gasteiger partial charge is 0.325 e. The Labute approximate surface area is 117 Å². The molecule has 2 amide bonds. The van der Waals surface area contributed by atoms with Crippen molar-refractivity contribution in [2.24, 2.45) is 5.73 Å². The first-order valence-corrected chi connectivity index (χ1v) is 6.31. The Balaban J connectivity index is 2.45. The van der Waals surface area contributed by atoms with Crippen LogP contribution in [0, 0.1) is 0 Å². The molecule has 0 aliphatic heterocycles. The van der Waals surface area contributed by atoms with Crippen molar-refractivity contribution < 1.29 is 9.53 Å². The molecule has 1 heterocycles. The summed E-state index contributed by atoms with van der Waals surface area (Å²) in [7, 11) is 1.59. The summed E-state index contributed by atoms with van der Waals surface area (Å²) >= 11 is 0. The van der Waals surface area contributed by atoms with Crippen LogP contribution in [0.25, 0.3) is 0 Å². The standard InChI is InChI=1S/C14H18N4O2/c1-10(2)18-13(8-9-16-18)17(14(15)19)11-4-6-12(20-3)7-5-11/h4-10H,1-3H3,(H2,15,19). The summed E-state index contributed by atoms with van der Waals surface area (Å²) in [5.41, 5.74) is 6.18. The number of hydrogen-bond acceptors (Lipinski definition) is 3. The number of carbonyl (C=O) groups excluding carboxylic acids is 1. The Morgan fingerprint density at radius 3 is 2.45 bits per heavy atom. The van der Waals surface area contributed by atoms with E-state index in [1.165, 1.54) is 4.90 Å². The Hall–Kier alpha value is -2.50. The fourth-order valence-corrected chi connectivity index (χ4v) is 1.99. The molecule has 0 aliphatic rings. The van der Waals surface area contributed by atoms with Gasteiger partial charge in [-0.1, -0.05) is 0 Å². The first-order chi connectivity index (χ1) is 9.54. The molecular formula is C14H18N4O2. The average Bonchev–Trinajstić information content (AvgIpc) is 2.88. The van der Waals surface area contributed by atoms with Gasteiger partial charge in [-0.25, -0.2) is 14.4 Å². The summed E-state index contributed by atoms with van der Waals surface area (Å²) in [6.45, 7) is 3.98. The molecule has 0 fully saturated rings. The maximum Gasteiger partial charge on any atom is 0.325 e. The lowest BCUT2D eigenvalue weighted by Gasteiger charge is -2.23. The molecule has 0 bridgehead atoms. The van der Waals surface area contributed by atoms with Gasteiger partial charge in [-0.05, 0) is 38.1 Å². The molecule has 0 saturated heterocycles. The number of nitrogens with two attached hydrogens (primary N) is 1. The first kappa shape index (κ1) is 13.9. The van der Waals surface area contributed by atoms with Crippen molar-refractivity contribution in [2.45, 2.75) is 19.9 Å². The topological polar surface area (TPSA) is 73.4 Å². The summed E-state index contributed by atoms with van der Waals surface area (Å²) in [4.78, 5) is 13.2. The van der Waals surface area contributed by atoms with Crippen LogP contribution in [-0.2, 0) is 0 Å². The van der Waals surface area contributed by atoms with Crippen LogP contribution in [0.3, 0.4) is 0 Å². The minimum Gasteiger partial charge on any atom is -0.497 e. The molecule has 0 radical (unpaired) electrons. The number of hydrogen-bond donors (Lipinski definition) is 1. The summed E-state index contributed by atoms with van der Waals surface area (Å²) in [5, 5.41) is 4.22. The Kier molecular flexibility index (Phi) is 3.93. The Morgan fingerprint density at radius 2 is 1.95 bits per heavy atom. The summed E-state index contributed by atoms with van der Waals surface area (Å²) < 4.78 is 6.85. The quantitative estimate of drug-likeness (QED) is 0.931. The van der Waals surface area contributed by atoms with E-state index in [9.17, 15) is 4.79 Å². The maximum absolute atomic E-state index is 11.8. The van der Waals surface area contributed by atoms with Crippen LogP contribution < -0.4 is 15.4 Å². The lowest BCUT2D eigenvalue weighted by Crippen LogP contribution is -2.33. The van der Waals surface area contributed by atoms with E-state index in [1.807, 2.05) is 13.8 Å². The van der Waals surface area contributed by atoms with Crippen molar-refractivity contribution in [3.8, 4) is 5.75 Å². The molecule has 0 unspecified atom stereocenters. The van der Waals surface area contributed by atoms with E-state index in [0.717, 1.165) is 5.75 Å². The number of anilines is 2. The number of amides is 2. The highest BCUT2D eigenvalue weighted by atomic mass is 16.5. The van der Waals surface area contributed by atoms with E-state index >= 15 is 0 Å². The number of primary amides is 1. The van der Waals surface area contributed by atoms with Crippen LogP contribution in [0.5, 0.6) is 5.75 Å². The number of carbonyl (C=O) groups is 1. The average molecular weight is 274 g/mol. The summed E-state index contributed by atoms with van der Waals surface area (Å²) in [6, 6.07) is 8.44. The maximum atomic E-state index is 11.8. The Bertz CT molecular complexity index is 589. The van der Waals surface area contributed by atoms with Gasteiger partial charge in [0.05, 0.1) is 19.0 Å². The highest BCUT2D eigenvalue weighted by Gasteiger charge is 2.20. The van der Waals surface area contributed by atoms with Gasteiger partial charge in [0, 0.05) is 12.1 Å². The minimum atomic E-state index is -0.558. The molecule has 2 aromatic rings. The molecule has 0 atom stereocenters. The third-order valence-corrected chi connectivity index (χ3v) is 2.92. The number of benzene rings is 1. The molecular weight excluding hydrogens is 256 g/mol. The first-order valence-electron chi connectivity index (χ1n) is 6.31. The van der Waals surface area contributed by atoms with E-state index in [1.54, 1.807) is 48.3 Å². The molecule has 0 spiro atoms. The molecule has 0 aliphatic carbocycles. The molecule has 6 heteroatoms. The van der Waals surface area contributed by atoms with Gasteiger partial charge >= 0.3 is 6.03 Å². The van der Waals surface area contributed by atoms with Gasteiger partial charge in [0.1, 0.15) is 11.6 Å². The monoisotopic (exact) mass is 274 g/mol. The van der Waals surface area contributed by atoms with Gasteiger partial charge in [0.2, 0.25) is 0 Å². The van der Waals surface area contributed by atoms with Crippen LogP contribution in [0.4, 0.5) is 16.3 Å². The van der Waals surface area contributed by atoms with Gasteiger partial charge in [-0.3, -0.25) is 0 Å². The van der Waals surface area contributed by atoms with Crippen LogP contribution in [0.2, 0.25) is 0 Å².